The van der Waals surface area contributed by atoms with Crippen molar-refractivity contribution in [3.8, 4) is 17.0 Å². The highest BCUT2D eigenvalue weighted by molar-refractivity contribution is 6.42. The van der Waals surface area contributed by atoms with E-state index < -0.39 is 23.9 Å². The van der Waals surface area contributed by atoms with Crippen molar-refractivity contribution in [1.29, 1.82) is 0 Å². The number of aromatic amines is 1. The Morgan fingerprint density at radius 1 is 0.905 bits per heavy atom. The maximum absolute atomic E-state index is 13.3. The van der Waals surface area contributed by atoms with Crippen molar-refractivity contribution in [1.82, 2.24) is 30.4 Å². The molecule has 0 aliphatic heterocycles. The van der Waals surface area contributed by atoms with Gasteiger partial charge in [-0.1, -0.05) is 46.5 Å². The third kappa shape index (κ3) is 7.03. The molecule has 5 rings (SSSR count). The fraction of sp³-hybridized carbons (Fsp3) is 0.0769. The number of tetrazole rings is 1. The lowest BCUT2D eigenvalue weighted by Crippen LogP contribution is -2.19. The Kier molecular flexibility index (Phi) is 8.08. The number of nitrogens with one attached hydrogen (secondary N) is 3. The zero-order valence-electron chi connectivity index (χ0n) is 21.0. The summed E-state index contributed by atoms with van der Waals surface area (Å²) in [6.07, 6.45) is -4.84. The monoisotopic (exact) mass is 616 g/mol. The number of benzene rings is 3. The number of ether oxygens (including phenoxy) is 1. The smallest absolute Gasteiger partial charge is 0.406 e. The van der Waals surface area contributed by atoms with Crippen LogP contribution in [0.1, 0.15) is 26.4 Å². The number of anilines is 2. The number of hydrogen-bond acceptors (Lipinski definition) is 7. The molecule has 2 heterocycles. The minimum Gasteiger partial charge on any atom is -0.406 e. The molecule has 0 unspecified atom stereocenters. The number of aromatic nitrogens is 6. The molecule has 0 aliphatic rings. The number of amides is 2. The Bertz CT molecular complexity index is 1730. The van der Waals surface area contributed by atoms with Gasteiger partial charge >= 0.3 is 6.36 Å². The van der Waals surface area contributed by atoms with Crippen molar-refractivity contribution in [2.75, 3.05) is 10.6 Å². The maximum atomic E-state index is 13.3. The summed E-state index contributed by atoms with van der Waals surface area (Å²) in [4.78, 5) is 25.7. The zero-order chi connectivity index (χ0) is 29.9. The van der Waals surface area contributed by atoms with E-state index in [-0.39, 0.29) is 23.9 Å². The maximum Gasteiger partial charge on any atom is 0.573 e. The van der Waals surface area contributed by atoms with Crippen molar-refractivity contribution < 1.29 is 27.5 Å². The quantitative estimate of drug-likeness (QED) is 0.199. The van der Waals surface area contributed by atoms with Gasteiger partial charge in [0.2, 0.25) is 0 Å². The van der Waals surface area contributed by atoms with Gasteiger partial charge in [0.15, 0.2) is 0 Å². The van der Waals surface area contributed by atoms with E-state index in [1.54, 1.807) is 48.5 Å². The van der Waals surface area contributed by atoms with Crippen LogP contribution in [0.15, 0.2) is 72.8 Å². The van der Waals surface area contributed by atoms with Crippen LogP contribution in [0, 0.1) is 0 Å². The van der Waals surface area contributed by atoms with Gasteiger partial charge in [0.1, 0.15) is 11.4 Å². The topological polar surface area (TPSA) is 140 Å². The summed E-state index contributed by atoms with van der Waals surface area (Å²) in [7, 11) is 0. The Labute approximate surface area is 244 Å². The largest absolute Gasteiger partial charge is 0.573 e. The van der Waals surface area contributed by atoms with Gasteiger partial charge in [0.05, 0.1) is 22.3 Å². The van der Waals surface area contributed by atoms with Gasteiger partial charge in [-0.15, -0.1) is 18.3 Å². The molecule has 0 aliphatic carbocycles. The van der Waals surface area contributed by atoms with Gasteiger partial charge in [-0.05, 0) is 65.4 Å². The van der Waals surface area contributed by atoms with E-state index in [1.165, 1.54) is 16.8 Å². The fourth-order valence-electron chi connectivity index (χ4n) is 3.77. The minimum atomic E-state index is -4.84. The molecule has 0 saturated carbocycles. The molecule has 2 aromatic heterocycles. The molecular weight excluding hydrogens is 600 g/mol. The number of H-pyrrole nitrogens is 1. The van der Waals surface area contributed by atoms with E-state index in [9.17, 15) is 22.8 Å². The van der Waals surface area contributed by atoms with Crippen LogP contribution < -0.4 is 15.4 Å². The standard InChI is InChI=1S/C26H17Cl2F3N8O3/c27-19-10-5-16(11-20(19)28)21-12-22(24(41)32-17-6-8-18(9-7-17)42-26(29,30)31)39(36-21)13-14-1-3-15(4-2-14)23(40)33-25-34-37-38-35-25/h1-12H,13H2,(H,32,41)(H2,33,34,35,37,38,40). The first-order valence-electron chi connectivity index (χ1n) is 11.9. The van der Waals surface area contributed by atoms with Crippen LogP contribution in [0.5, 0.6) is 5.75 Å². The first-order valence-corrected chi connectivity index (χ1v) is 12.6. The second-order valence-electron chi connectivity index (χ2n) is 8.61. The van der Waals surface area contributed by atoms with Crippen LogP contribution in [0.2, 0.25) is 10.0 Å². The molecule has 3 N–H and O–H groups in total. The third-order valence-electron chi connectivity index (χ3n) is 5.69. The summed E-state index contributed by atoms with van der Waals surface area (Å²) >= 11 is 12.2. The highest BCUT2D eigenvalue weighted by Gasteiger charge is 2.31. The molecule has 3 aromatic carbocycles. The fourth-order valence-corrected chi connectivity index (χ4v) is 4.07. The van der Waals surface area contributed by atoms with Crippen molar-refractivity contribution in [3.05, 3.63) is 99.7 Å². The summed E-state index contributed by atoms with van der Waals surface area (Å²) in [6.45, 7) is 0.134. The molecule has 0 atom stereocenters. The van der Waals surface area contributed by atoms with Gasteiger partial charge in [-0.3, -0.25) is 19.6 Å². The van der Waals surface area contributed by atoms with Gasteiger partial charge in [0, 0.05) is 16.8 Å². The molecule has 42 heavy (non-hydrogen) atoms. The van der Waals surface area contributed by atoms with Crippen LogP contribution in [-0.4, -0.2) is 48.6 Å². The molecular formula is C26H17Cl2F3N8O3. The number of rotatable bonds is 8. The Morgan fingerprint density at radius 3 is 2.29 bits per heavy atom. The summed E-state index contributed by atoms with van der Waals surface area (Å²) in [5, 5.41) is 23.3. The predicted octanol–water partition coefficient (Wildman–Crippen LogP) is 5.82. The first-order chi connectivity index (χ1) is 20.0. The van der Waals surface area contributed by atoms with Crippen molar-refractivity contribution in [2.45, 2.75) is 12.9 Å². The second-order valence-corrected chi connectivity index (χ2v) is 9.43. The lowest BCUT2D eigenvalue weighted by Gasteiger charge is -2.11. The molecule has 0 saturated heterocycles. The lowest BCUT2D eigenvalue weighted by molar-refractivity contribution is -0.274. The van der Waals surface area contributed by atoms with Crippen LogP contribution >= 0.6 is 23.2 Å². The highest BCUT2D eigenvalue weighted by atomic mass is 35.5. The van der Waals surface area contributed by atoms with Gasteiger partial charge in [0.25, 0.3) is 17.8 Å². The zero-order valence-corrected chi connectivity index (χ0v) is 22.5. The summed E-state index contributed by atoms with van der Waals surface area (Å²) in [6, 6.07) is 17.7. The van der Waals surface area contributed by atoms with Crippen LogP contribution in [0.25, 0.3) is 11.3 Å². The summed E-state index contributed by atoms with van der Waals surface area (Å²) in [5.74, 6) is -1.43. The molecule has 2 amide bonds. The van der Waals surface area contributed by atoms with Gasteiger partial charge in [-0.25, -0.2) is 0 Å². The number of halogens is 5. The Balaban J connectivity index is 1.39. The van der Waals surface area contributed by atoms with E-state index >= 15 is 0 Å². The van der Waals surface area contributed by atoms with E-state index in [0.717, 1.165) is 12.1 Å². The predicted molar refractivity (Wildman–Crippen MR) is 146 cm³/mol. The highest BCUT2D eigenvalue weighted by Crippen LogP contribution is 2.29. The number of alkyl halides is 3. The van der Waals surface area contributed by atoms with E-state index in [2.05, 4.69) is 41.1 Å². The third-order valence-corrected chi connectivity index (χ3v) is 6.43. The first kappa shape index (κ1) is 28.6. The number of nitrogens with zero attached hydrogens (tertiary/aromatic N) is 5. The van der Waals surface area contributed by atoms with Crippen molar-refractivity contribution in [3.63, 3.8) is 0 Å². The summed E-state index contributed by atoms with van der Waals surface area (Å²) < 4.78 is 42.8. The van der Waals surface area contributed by atoms with Crippen molar-refractivity contribution in [2.24, 2.45) is 0 Å². The molecule has 0 bridgehead atoms. The summed E-state index contributed by atoms with van der Waals surface area (Å²) in [5.41, 5.74) is 2.43. The van der Waals surface area contributed by atoms with E-state index in [1.807, 2.05) is 0 Å². The number of carbonyl (C=O) groups excluding carboxylic acids is 2. The molecule has 0 fully saturated rings. The molecule has 5 aromatic rings. The normalized spacial score (nSPS) is 11.3. The molecule has 16 heteroatoms. The average molecular weight is 617 g/mol. The van der Waals surface area contributed by atoms with Gasteiger partial charge in [-0.2, -0.15) is 10.3 Å². The van der Waals surface area contributed by atoms with Crippen molar-refractivity contribution >= 4 is 46.7 Å². The van der Waals surface area contributed by atoms with Crippen LogP contribution in [0.4, 0.5) is 24.8 Å². The van der Waals surface area contributed by atoms with E-state index in [0.29, 0.717) is 32.4 Å². The SMILES string of the molecule is O=C(Nc1nn[nH]n1)c1ccc(Cn2nc(-c3ccc(Cl)c(Cl)c3)cc2C(=O)Nc2ccc(OC(F)(F)F)cc2)cc1. The van der Waals surface area contributed by atoms with Crippen LogP contribution in [-0.2, 0) is 6.54 Å². The molecule has 0 radical (unpaired) electrons. The molecule has 11 nitrogen and oxygen atoms in total. The molecule has 0 spiro atoms. The van der Waals surface area contributed by atoms with Crippen LogP contribution in [0.3, 0.4) is 0 Å². The Hall–Kier alpha value is -4.95. The van der Waals surface area contributed by atoms with Gasteiger partial charge < -0.3 is 10.1 Å². The molecule has 214 valence electrons. The minimum absolute atomic E-state index is 0.0219. The van der Waals surface area contributed by atoms with E-state index in [4.69, 9.17) is 23.2 Å². The number of carbonyl (C=O) groups is 2. The average Bonchev–Trinajstić information content (AvgIpc) is 3.61. The second kappa shape index (κ2) is 11.9. The lowest BCUT2D eigenvalue weighted by atomic mass is 10.1. The number of hydrogen-bond donors (Lipinski definition) is 3. The Morgan fingerprint density at radius 2 is 1.64 bits per heavy atom.